The molecule has 1 aromatic carbocycles. The van der Waals surface area contributed by atoms with Crippen LogP contribution >= 0.6 is 0 Å². The maximum Gasteiger partial charge on any atom is 0.142 e. The third-order valence-electron chi connectivity index (χ3n) is 5.62. The zero-order chi connectivity index (χ0) is 19.3. The van der Waals surface area contributed by atoms with Gasteiger partial charge in [0, 0.05) is 49.9 Å². The van der Waals surface area contributed by atoms with Gasteiger partial charge in [0.2, 0.25) is 0 Å². The first-order valence-electron chi connectivity index (χ1n) is 9.83. The molecule has 1 fully saturated rings. The molecule has 0 amide bonds. The minimum absolute atomic E-state index is 0.339. The molecule has 28 heavy (non-hydrogen) atoms. The van der Waals surface area contributed by atoms with Crippen molar-refractivity contribution in [1.82, 2.24) is 15.1 Å². The van der Waals surface area contributed by atoms with E-state index >= 15 is 0 Å². The molecule has 1 N–H and O–H groups in total. The van der Waals surface area contributed by atoms with Gasteiger partial charge in [-0.2, -0.15) is 5.10 Å². The summed E-state index contributed by atoms with van der Waals surface area (Å²) < 4.78 is 10.8. The molecule has 1 aromatic heterocycles. The molecule has 0 saturated carbocycles. The van der Waals surface area contributed by atoms with Crippen LogP contribution in [0.1, 0.15) is 23.6 Å². The molecule has 0 radical (unpaired) electrons. The van der Waals surface area contributed by atoms with E-state index in [2.05, 4.69) is 44.3 Å². The van der Waals surface area contributed by atoms with Gasteiger partial charge in [-0.25, -0.2) is 0 Å². The van der Waals surface area contributed by atoms with Crippen LogP contribution in [0, 0.1) is 0 Å². The number of nitrogens with one attached hydrogen (secondary N) is 1. The van der Waals surface area contributed by atoms with E-state index in [0.29, 0.717) is 5.92 Å². The molecule has 2 heterocycles. The number of hydrogen-bond acceptors (Lipinski definition) is 5. The fraction of sp³-hybridized carbons (Fsp3) is 0.409. The lowest BCUT2D eigenvalue weighted by atomic mass is 9.94. The van der Waals surface area contributed by atoms with Crippen LogP contribution in [0.25, 0.3) is 0 Å². The van der Waals surface area contributed by atoms with Crippen LogP contribution in [-0.2, 0) is 11.3 Å². The van der Waals surface area contributed by atoms with Gasteiger partial charge in [0.25, 0.3) is 0 Å². The number of nitrogens with zero attached hydrogens (tertiary/aromatic N) is 3. The van der Waals surface area contributed by atoms with Crippen LogP contribution in [0.5, 0.6) is 5.75 Å². The van der Waals surface area contributed by atoms with E-state index in [1.807, 2.05) is 24.4 Å². The average molecular weight is 380 g/mol. The first-order valence-corrected chi connectivity index (χ1v) is 9.83. The molecular weight excluding hydrogens is 352 g/mol. The molecule has 1 saturated heterocycles. The molecule has 0 bridgehead atoms. The lowest BCUT2D eigenvalue weighted by Crippen LogP contribution is -2.46. The van der Waals surface area contributed by atoms with Crippen LogP contribution in [0.2, 0.25) is 0 Å². The zero-order valence-electron chi connectivity index (χ0n) is 16.6. The number of methoxy groups -OCH3 is 2. The number of benzene rings is 1. The van der Waals surface area contributed by atoms with Gasteiger partial charge in [-0.05, 0) is 30.7 Å². The van der Waals surface area contributed by atoms with Crippen molar-refractivity contribution in [3.05, 3.63) is 65.7 Å². The number of aromatic nitrogens is 2. The number of hydrogen-bond donors (Lipinski definition) is 1. The highest BCUT2D eigenvalue weighted by Gasteiger charge is 2.22. The van der Waals surface area contributed by atoms with Gasteiger partial charge >= 0.3 is 0 Å². The van der Waals surface area contributed by atoms with E-state index < -0.39 is 0 Å². The Kier molecular flexibility index (Phi) is 5.67. The predicted molar refractivity (Wildman–Crippen MR) is 111 cm³/mol. The van der Waals surface area contributed by atoms with Crippen LogP contribution in [0.15, 0.2) is 54.4 Å². The standard InChI is InChI=1S/C22H28N4O2/c1-27-19-9-7-17(8-10-19)22-18(15-23-24-22)16-25-11-13-26(14-12-25)20-5-3-4-6-21(20)28-2/h3-7,9-10,15,17H,8,11-14,16H2,1-2H3,(H,23,24). The van der Waals surface area contributed by atoms with Crippen LogP contribution in [-0.4, -0.2) is 55.5 Å². The highest BCUT2D eigenvalue weighted by Crippen LogP contribution is 2.30. The first kappa shape index (κ1) is 18.6. The highest BCUT2D eigenvalue weighted by molar-refractivity contribution is 5.58. The third kappa shape index (κ3) is 3.92. The molecule has 2 aliphatic rings. The Morgan fingerprint density at radius 2 is 1.93 bits per heavy atom. The fourth-order valence-corrected chi connectivity index (χ4v) is 4.01. The van der Waals surface area contributed by atoms with E-state index in [4.69, 9.17) is 9.47 Å². The Balaban J connectivity index is 1.37. The Morgan fingerprint density at radius 1 is 1.11 bits per heavy atom. The number of allylic oxidation sites excluding steroid dienone is 3. The molecule has 6 nitrogen and oxygen atoms in total. The molecule has 1 aliphatic carbocycles. The second-order valence-electron chi connectivity index (χ2n) is 7.26. The Bertz CT molecular complexity index is 850. The van der Waals surface area contributed by atoms with Gasteiger partial charge in [-0.1, -0.05) is 18.2 Å². The molecule has 1 unspecified atom stereocenters. The Hall–Kier alpha value is -2.73. The van der Waals surface area contributed by atoms with E-state index in [0.717, 1.165) is 50.7 Å². The summed E-state index contributed by atoms with van der Waals surface area (Å²) in [4.78, 5) is 4.91. The zero-order valence-corrected chi connectivity index (χ0v) is 16.6. The van der Waals surface area contributed by atoms with E-state index in [9.17, 15) is 0 Å². The van der Waals surface area contributed by atoms with Crippen molar-refractivity contribution >= 4 is 5.69 Å². The summed E-state index contributed by atoms with van der Waals surface area (Å²) in [6, 6.07) is 8.26. The van der Waals surface area contributed by atoms with Gasteiger partial charge in [0.15, 0.2) is 0 Å². The summed E-state index contributed by atoms with van der Waals surface area (Å²) in [7, 11) is 3.45. The van der Waals surface area contributed by atoms with Gasteiger partial charge in [-0.3, -0.25) is 10.00 Å². The van der Waals surface area contributed by atoms with E-state index in [1.54, 1.807) is 14.2 Å². The number of anilines is 1. The first-order chi connectivity index (χ1) is 13.8. The maximum atomic E-state index is 5.52. The monoisotopic (exact) mass is 380 g/mol. The minimum Gasteiger partial charge on any atom is -0.497 e. The largest absolute Gasteiger partial charge is 0.497 e. The summed E-state index contributed by atoms with van der Waals surface area (Å²) >= 11 is 0. The van der Waals surface area contributed by atoms with E-state index in [-0.39, 0.29) is 0 Å². The minimum atomic E-state index is 0.339. The third-order valence-corrected chi connectivity index (χ3v) is 5.62. The van der Waals surface area contributed by atoms with Crippen molar-refractivity contribution in [2.45, 2.75) is 18.9 Å². The normalized spacial score (nSPS) is 20.1. The number of aromatic amines is 1. The SMILES string of the molecule is COC1=CCC(c2[nH]ncc2CN2CCN(c3ccccc3OC)CC2)C=C1. The summed E-state index contributed by atoms with van der Waals surface area (Å²) in [5.41, 5.74) is 3.69. The Labute approximate surface area is 166 Å². The van der Waals surface area contributed by atoms with Crippen LogP contribution in [0.3, 0.4) is 0 Å². The van der Waals surface area contributed by atoms with Gasteiger partial charge in [0.1, 0.15) is 11.5 Å². The molecule has 2 aromatic rings. The fourth-order valence-electron chi connectivity index (χ4n) is 4.01. The van der Waals surface area contributed by atoms with Crippen molar-refractivity contribution in [2.24, 2.45) is 0 Å². The quantitative estimate of drug-likeness (QED) is 0.833. The van der Waals surface area contributed by atoms with E-state index in [1.165, 1.54) is 16.9 Å². The highest BCUT2D eigenvalue weighted by atomic mass is 16.5. The van der Waals surface area contributed by atoms with Crippen molar-refractivity contribution < 1.29 is 9.47 Å². The van der Waals surface area contributed by atoms with Gasteiger partial charge in [0.05, 0.1) is 26.1 Å². The molecule has 1 aliphatic heterocycles. The lowest BCUT2D eigenvalue weighted by Gasteiger charge is -2.36. The number of H-pyrrole nitrogens is 1. The van der Waals surface area contributed by atoms with Crippen molar-refractivity contribution in [2.75, 3.05) is 45.3 Å². The van der Waals surface area contributed by atoms with Crippen LogP contribution < -0.4 is 9.64 Å². The summed E-state index contributed by atoms with van der Waals surface area (Å²) in [6.07, 6.45) is 9.31. The Morgan fingerprint density at radius 3 is 2.64 bits per heavy atom. The topological polar surface area (TPSA) is 53.6 Å². The summed E-state index contributed by atoms with van der Waals surface area (Å²) in [5.74, 6) is 2.22. The van der Waals surface area contributed by atoms with Crippen molar-refractivity contribution in [1.29, 1.82) is 0 Å². The average Bonchev–Trinajstić information content (AvgIpc) is 3.22. The molecule has 148 valence electrons. The number of rotatable bonds is 6. The second kappa shape index (κ2) is 8.52. The molecule has 6 heteroatoms. The van der Waals surface area contributed by atoms with Crippen molar-refractivity contribution in [3.8, 4) is 5.75 Å². The molecule has 1 atom stereocenters. The molecule has 0 spiro atoms. The van der Waals surface area contributed by atoms with Crippen molar-refractivity contribution in [3.63, 3.8) is 0 Å². The summed E-state index contributed by atoms with van der Waals surface area (Å²) in [6.45, 7) is 4.97. The smallest absolute Gasteiger partial charge is 0.142 e. The maximum absolute atomic E-state index is 5.52. The molecular formula is C22H28N4O2. The number of ether oxygens (including phenoxy) is 2. The molecule has 4 rings (SSSR count). The number of piperazine rings is 1. The van der Waals surface area contributed by atoms with Gasteiger partial charge < -0.3 is 14.4 Å². The predicted octanol–water partition coefficient (Wildman–Crippen LogP) is 3.31. The second-order valence-corrected chi connectivity index (χ2v) is 7.26. The van der Waals surface area contributed by atoms with Gasteiger partial charge in [-0.15, -0.1) is 0 Å². The summed E-state index contributed by atoms with van der Waals surface area (Å²) in [5, 5.41) is 7.55. The lowest BCUT2D eigenvalue weighted by molar-refractivity contribution is 0.248. The van der Waals surface area contributed by atoms with Crippen LogP contribution in [0.4, 0.5) is 5.69 Å². The number of para-hydroxylation sites is 2.